The minimum absolute atomic E-state index is 0.0786. The van der Waals surface area contributed by atoms with Gasteiger partial charge in [-0.1, -0.05) is 13.3 Å². The summed E-state index contributed by atoms with van der Waals surface area (Å²) in [4.78, 5) is 34.7. The first-order chi connectivity index (χ1) is 14.0. The number of aromatic nitrogens is 3. The molecule has 1 amide bonds. The number of H-pyrrole nitrogens is 1. The fraction of sp³-hybridized carbons (Fsp3) is 0.591. The van der Waals surface area contributed by atoms with E-state index in [1.807, 2.05) is 6.20 Å². The Morgan fingerprint density at radius 3 is 2.72 bits per heavy atom. The highest BCUT2D eigenvalue weighted by molar-refractivity contribution is 5.94. The van der Waals surface area contributed by atoms with Gasteiger partial charge in [-0.25, -0.2) is 4.98 Å². The second-order valence-electron chi connectivity index (χ2n) is 8.62. The van der Waals surface area contributed by atoms with Crippen LogP contribution in [0.25, 0.3) is 0 Å². The minimum Gasteiger partial charge on any atom is -0.349 e. The fourth-order valence-electron chi connectivity index (χ4n) is 4.85. The standard InChI is InChI=1S/C22H31N5O2/c1-3-4-5-19-23-10-18(24-19)14-27-12-15-6-7-16(13-27)21(15)25-22(29)17-8-9-20(28)26(2)11-17/h8-11,15-16,21H,3-7,12-14H2,1-2H3,(H,23,24)(H,25,29)/t15-,16+,21?. The number of likely N-dealkylation sites (tertiary alicyclic amines) is 1. The number of pyridine rings is 1. The minimum atomic E-state index is -0.105. The molecule has 7 nitrogen and oxygen atoms in total. The molecule has 1 unspecified atom stereocenters. The van der Waals surface area contributed by atoms with E-state index >= 15 is 0 Å². The van der Waals surface area contributed by atoms with Crippen molar-refractivity contribution >= 4 is 5.91 Å². The highest BCUT2D eigenvalue weighted by atomic mass is 16.2. The largest absolute Gasteiger partial charge is 0.349 e. The monoisotopic (exact) mass is 397 g/mol. The SMILES string of the molecule is CCCCc1ncc(CN2C[C@H]3CC[C@@H](C2)C3NC(=O)c2ccc(=O)n(C)c2)[nH]1. The highest BCUT2D eigenvalue weighted by Crippen LogP contribution is 2.37. The van der Waals surface area contributed by atoms with E-state index in [1.165, 1.54) is 22.7 Å². The Morgan fingerprint density at radius 2 is 2.03 bits per heavy atom. The number of nitrogens with zero attached hydrogens (tertiary/aromatic N) is 3. The van der Waals surface area contributed by atoms with E-state index in [4.69, 9.17) is 0 Å². The van der Waals surface area contributed by atoms with Crippen LogP contribution in [-0.2, 0) is 20.0 Å². The molecular formula is C22H31N5O2. The first-order valence-electron chi connectivity index (χ1n) is 10.8. The van der Waals surface area contributed by atoms with Crippen LogP contribution in [0.4, 0.5) is 0 Å². The van der Waals surface area contributed by atoms with Crippen LogP contribution in [0.2, 0.25) is 0 Å². The summed E-state index contributed by atoms with van der Waals surface area (Å²) >= 11 is 0. The number of carbonyl (C=O) groups is 1. The van der Waals surface area contributed by atoms with Gasteiger partial charge in [0.05, 0.1) is 5.56 Å². The summed E-state index contributed by atoms with van der Waals surface area (Å²) < 4.78 is 1.45. The lowest BCUT2D eigenvalue weighted by Crippen LogP contribution is -2.52. The zero-order chi connectivity index (χ0) is 20.4. The summed E-state index contributed by atoms with van der Waals surface area (Å²) in [6, 6.07) is 3.28. The van der Waals surface area contributed by atoms with Crippen molar-refractivity contribution in [3.05, 3.63) is 52.0 Å². The average molecular weight is 398 g/mol. The van der Waals surface area contributed by atoms with Gasteiger partial charge in [0.15, 0.2) is 0 Å². The van der Waals surface area contributed by atoms with E-state index < -0.39 is 0 Å². The second-order valence-corrected chi connectivity index (χ2v) is 8.62. The van der Waals surface area contributed by atoms with Gasteiger partial charge in [-0.3, -0.25) is 14.5 Å². The Morgan fingerprint density at radius 1 is 1.28 bits per heavy atom. The summed E-state index contributed by atoms with van der Waals surface area (Å²) in [5.41, 5.74) is 1.63. The quantitative estimate of drug-likeness (QED) is 0.749. The maximum atomic E-state index is 12.7. The van der Waals surface area contributed by atoms with Crippen LogP contribution in [-0.4, -0.2) is 44.5 Å². The van der Waals surface area contributed by atoms with Crippen molar-refractivity contribution in [1.29, 1.82) is 0 Å². The van der Waals surface area contributed by atoms with E-state index in [0.29, 0.717) is 17.4 Å². The van der Waals surface area contributed by atoms with Crippen LogP contribution in [0, 0.1) is 11.8 Å². The molecule has 4 rings (SSSR count). The van der Waals surface area contributed by atoms with Crippen molar-refractivity contribution in [2.45, 2.75) is 51.6 Å². The predicted molar refractivity (Wildman–Crippen MR) is 112 cm³/mol. The molecule has 3 atom stereocenters. The second kappa shape index (κ2) is 8.53. The van der Waals surface area contributed by atoms with Gasteiger partial charge < -0.3 is 14.9 Å². The van der Waals surface area contributed by atoms with Crippen molar-refractivity contribution in [2.75, 3.05) is 13.1 Å². The summed E-state index contributed by atoms with van der Waals surface area (Å²) in [5, 5.41) is 3.25. The van der Waals surface area contributed by atoms with Crippen LogP contribution >= 0.6 is 0 Å². The Hall–Kier alpha value is -2.41. The third-order valence-corrected chi connectivity index (χ3v) is 6.40. The first-order valence-corrected chi connectivity index (χ1v) is 10.8. The van der Waals surface area contributed by atoms with E-state index in [2.05, 4.69) is 27.1 Å². The first kappa shape index (κ1) is 19.9. The van der Waals surface area contributed by atoms with Gasteiger partial charge in [0.25, 0.3) is 5.91 Å². The number of rotatable bonds is 7. The summed E-state index contributed by atoms with van der Waals surface area (Å²) in [6.45, 7) is 5.09. The number of fused-ring (bicyclic) bond motifs is 2. The summed E-state index contributed by atoms with van der Waals surface area (Å²) in [5.74, 6) is 1.97. The van der Waals surface area contributed by atoms with Gasteiger partial charge >= 0.3 is 0 Å². The molecule has 2 aliphatic rings. The number of aromatic amines is 1. The molecule has 156 valence electrons. The molecule has 2 bridgehead atoms. The topological polar surface area (TPSA) is 83.0 Å². The van der Waals surface area contributed by atoms with Gasteiger partial charge in [0.1, 0.15) is 5.82 Å². The number of hydrogen-bond donors (Lipinski definition) is 2. The molecule has 1 saturated heterocycles. The van der Waals surface area contributed by atoms with Crippen LogP contribution in [0.15, 0.2) is 29.3 Å². The molecule has 1 aliphatic heterocycles. The summed E-state index contributed by atoms with van der Waals surface area (Å²) in [7, 11) is 1.67. The van der Waals surface area contributed by atoms with Crippen molar-refractivity contribution in [3.63, 3.8) is 0 Å². The zero-order valence-corrected chi connectivity index (χ0v) is 17.4. The molecule has 0 aromatic carbocycles. The van der Waals surface area contributed by atoms with Crippen LogP contribution in [0.5, 0.6) is 0 Å². The maximum Gasteiger partial charge on any atom is 0.253 e. The lowest BCUT2D eigenvalue weighted by atomic mass is 9.91. The fourth-order valence-corrected chi connectivity index (χ4v) is 4.85. The van der Waals surface area contributed by atoms with E-state index in [9.17, 15) is 9.59 Å². The smallest absolute Gasteiger partial charge is 0.253 e. The van der Waals surface area contributed by atoms with E-state index in [1.54, 1.807) is 19.3 Å². The van der Waals surface area contributed by atoms with Crippen molar-refractivity contribution in [3.8, 4) is 0 Å². The van der Waals surface area contributed by atoms with Gasteiger partial charge in [-0.2, -0.15) is 0 Å². The number of piperidine rings is 1. The number of aryl methyl sites for hydroxylation is 2. The number of carbonyl (C=O) groups excluding carboxylic acids is 1. The Bertz CT molecular complexity index is 904. The highest BCUT2D eigenvalue weighted by Gasteiger charge is 2.42. The molecule has 2 aromatic heterocycles. The molecule has 2 N–H and O–H groups in total. The molecular weight excluding hydrogens is 366 g/mol. The molecule has 3 heterocycles. The molecule has 2 aromatic rings. The molecule has 2 fully saturated rings. The molecule has 29 heavy (non-hydrogen) atoms. The normalized spacial score (nSPS) is 24.0. The van der Waals surface area contributed by atoms with E-state index in [-0.39, 0.29) is 17.5 Å². The third-order valence-electron chi connectivity index (χ3n) is 6.40. The molecule has 1 aliphatic carbocycles. The number of hydrogen-bond acceptors (Lipinski definition) is 4. The van der Waals surface area contributed by atoms with E-state index in [0.717, 1.165) is 51.1 Å². The lowest BCUT2D eigenvalue weighted by molar-refractivity contribution is 0.0822. The number of nitrogens with one attached hydrogen (secondary N) is 2. The molecule has 7 heteroatoms. The van der Waals surface area contributed by atoms with Crippen LogP contribution in [0.1, 0.15) is 54.5 Å². The Balaban J connectivity index is 1.35. The number of amides is 1. The average Bonchev–Trinajstić information content (AvgIpc) is 3.23. The van der Waals surface area contributed by atoms with Crippen LogP contribution in [0.3, 0.4) is 0 Å². The van der Waals surface area contributed by atoms with Crippen molar-refractivity contribution in [1.82, 2.24) is 24.8 Å². The van der Waals surface area contributed by atoms with Gasteiger partial charge in [0.2, 0.25) is 5.56 Å². The van der Waals surface area contributed by atoms with Crippen molar-refractivity contribution < 1.29 is 4.79 Å². The number of imidazole rings is 1. The van der Waals surface area contributed by atoms with Gasteiger partial charge in [-0.05, 0) is 37.2 Å². The molecule has 0 radical (unpaired) electrons. The number of unbranched alkanes of at least 4 members (excludes halogenated alkanes) is 1. The Labute approximate surface area is 171 Å². The maximum absolute atomic E-state index is 12.7. The zero-order valence-electron chi connectivity index (χ0n) is 17.4. The summed E-state index contributed by atoms with van der Waals surface area (Å²) in [6.07, 6.45) is 9.26. The lowest BCUT2D eigenvalue weighted by Gasteiger charge is -2.38. The molecule has 0 spiro atoms. The predicted octanol–water partition coefficient (Wildman–Crippen LogP) is 2.09. The Kier molecular flexibility index (Phi) is 5.85. The van der Waals surface area contributed by atoms with Gasteiger partial charge in [0, 0.05) is 63.3 Å². The molecule has 1 saturated carbocycles. The third kappa shape index (κ3) is 4.45. The van der Waals surface area contributed by atoms with Gasteiger partial charge in [-0.15, -0.1) is 0 Å². The van der Waals surface area contributed by atoms with Crippen molar-refractivity contribution in [2.24, 2.45) is 18.9 Å². The van der Waals surface area contributed by atoms with Crippen LogP contribution < -0.4 is 10.9 Å².